The average molecular weight is 181 g/mol. The molecule has 0 heterocycles. The molecule has 1 rings (SSSR count). The molecule has 0 fully saturated rings. The van der Waals surface area contributed by atoms with E-state index in [1.165, 1.54) is 0 Å². The van der Waals surface area contributed by atoms with E-state index in [1.54, 1.807) is 0 Å². The zero-order valence-electron chi connectivity index (χ0n) is 6.35. The normalized spacial score (nSPS) is 9.54. The number of hydrogen-bond acceptors (Lipinski definition) is 2. The molecular weight excluding hydrogens is 176 g/mol. The number of rotatable bonds is 2. The van der Waals surface area contributed by atoms with E-state index in [0.29, 0.717) is 0 Å². The molecule has 2 N–H and O–H groups in total. The molecule has 0 saturated heterocycles. The molecule has 0 bridgehead atoms. The van der Waals surface area contributed by atoms with Crippen molar-refractivity contribution in [2.24, 2.45) is 0 Å². The lowest BCUT2D eigenvalue weighted by Crippen LogP contribution is -2.07. The van der Waals surface area contributed by atoms with E-state index in [2.05, 4.69) is 0 Å². The molecule has 0 atom stereocenters. The van der Waals surface area contributed by atoms with E-state index in [1.807, 2.05) is 0 Å². The van der Waals surface area contributed by atoms with Crippen LogP contribution >= 0.6 is 0 Å². The predicted molar refractivity (Wildman–Crippen MR) is 40.5 cm³/mol. The molecule has 0 aliphatic rings. The van der Waals surface area contributed by atoms with Crippen molar-refractivity contribution in [3.05, 3.63) is 29.3 Å². The van der Waals surface area contributed by atoms with E-state index in [4.69, 9.17) is 10.2 Å². The van der Waals surface area contributed by atoms with Gasteiger partial charge in [0.15, 0.2) is 5.75 Å². The Morgan fingerprint density at radius 1 is 1.00 bits per heavy atom. The summed E-state index contributed by atoms with van der Waals surface area (Å²) in [6.07, 6.45) is 0. The van der Waals surface area contributed by atoms with Crippen LogP contribution in [0.15, 0.2) is 18.2 Å². The second kappa shape index (κ2) is 3.14. The topological polar surface area (TPSA) is 94.5 Å². The number of benzene rings is 1. The Labute approximate surface area is 72.9 Å². The number of hydrogen-bond donors (Lipinski definition) is 2. The fourth-order valence-corrected chi connectivity index (χ4v) is 0.887. The highest BCUT2D eigenvalue weighted by Gasteiger charge is 2.16. The molecule has 0 spiro atoms. The standard InChI is InChI=1S/C8H5O5/c9-4-1-2-5(7(10)11)6(3-4)8(12)13/h1-3H,(H,10,11)(H,12,13). The highest BCUT2D eigenvalue weighted by atomic mass is 16.4. The largest absolute Gasteiger partial charge is 0.478 e. The van der Waals surface area contributed by atoms with Crippen molar-refractivity contribution in [2.45, 2.75) is 0 Å². The van der Waals surface area contributed by atoms with Crippen molar-refractivity contribution in [1.29, 1.82) is 0 Å². The molecule has 67 valence electrons. The molecule has 1 aromatic rings. The zero-order chi connectivity index (χ0) is 10.0. The van der Waals surface area contributed by atoms with Gasteiger partial charge in [-0.3, -0.25) is 5.11 Å². The van der Waals surface area contributed by atoms with E-state index in [9.17, 15) is 14.7 Å². The lowest BCUT2D eigenvalue weighted by atomic mass is 10.1. The molecule has 5 heteroatoms. The molecule has 1 aromatic carbocycles. The Balaban J connectivity index is 3.35. The SMILES string of the molecule is [O]c1ccc(C(=O)O)c(C(=O)O)c1. The van der Waals surface area contributed by atoms with Crippen LogP contribution in [-0.4, -0.2) is 22.2 Å². The van der Waals surface area contributed by atoms with Crippen molar-refractivity contribution in [3.8, 4) is 5.75 Å². The van der Waals surface area contributed by atoms with Gasteiger partial charge in [0.1, 0.15) is 0 Å². The fourth-order valence-electron chi connectivity index (χ4n) is 0.887. The van der Waals surface area contributed by atoms with Crippen LogP contribution in [0.2, 0.25) is 0 Å². The van der Waals surface area contributed by atoms with Gasteiger partial charge in [-0.1, -0.05) is 0 Å². The summed E-state index contributed by atoms with van der Waals surface area (Å²) in [5.74, 6) is -3.31. The van der Waals surface area contributed by atoms with Crippen LogP contribution in [0.3, 0.4) is 0 Å². The van der Waals surface area contributed by atoms with E-state index < -0.39 is 23.3 Å². The molecule has 0 aliphatic heterocycles. The Morgan fingerprint density at radius 3 is 2.00 bits per heavy atom. The van der Waals surface area contributed by atoms with Gasteiger partial charge >= 0.3 is 11.9 Å². The Morgan fingerprint density at radius 2 is 1.54 bits per heavy atom. The minimum atomic E-state index is -1.42. The highest BCUT2D eigenvalue weighted by Crippen LogP contribution is 2.17. The van der Waals surface area contributed by atoms with Crippen LogP contribution in [0.4, 0.5) is 0 Å². The number of carboxylic acid groups (broad SMARTS) is 2. The van der Waals surface area contributed by atoms with E-state index in [-0.39, 0.29) is 5.56 Å². The first kappa shape index (κ1) is 9.05. The maximum absolute atomic E-state index is 10.7. The van der Waals surface area contributed by atoms with Crippen LogP contribution in [0, 0.1) is 0 Å². The molecule has 13 heavy (non-hydrogen) atoms. The fraction of sp³-hybridized carbons (Fsp3) is 0. The quantitative estimate of drug-likeness (QED) is 0.717. The maximum Gasteiger partial charge on any atom is 0.336 e. The summed E-state index contributed by atoms with van der Waals surface area (Å²) in [5, 5.41) is 27.8. The van der Waals surface area contributed by atoms with Crippen LogP contribution in [0.1, 0.15) is 20.7 Å². The van der Waals surface area contributed by atoms with Crippen molar-refractivity contribution < 1.29 is 24.9 Å². The van der Waals surface area contributed by atoms with Gasteiger partial charge in [-0.2, -0.15) is 0 Å². The predicted octanol–water partition coefficient (Wildman–Crippen LogP) is 1.23. The maximum atomic E-state index is 10.7. The van der Waals surface area contributed by atoms with Gasteiger partial charge in [-0.25, -0.2) is 9.59 Å². The average Bonchev–Trinajstić information content (AvgIpc) is 2.03. The van der Waals surface area contributed by atoms with Gasteiger partial charge in [0.2, 0.25) is 0 Å². The van der Waals surface area contributed by atoms with Gasteiger partial charge in [-0.15, -0.1) is 0 Å². The Hall–Kier alpha value is -2.04. The monoisotopic (exact) mass is 181 g/mol. The minimum absolute atomic E-state index is 0.382. The summed E-state index contributed by atoms with van der Waals surface area (Å²) in [6, 6.07) is 2.77. The molecule has 5 nitrogen and oxygen atoms in total. The number of carboxylic acids is 2. The van der Waals surface area contributed by atoms with Crippen molar-refractivity contribution >= 4 is 11.9 Å². The molecule has 0 aliphatic carbocycles. The van der Waals surface area contributed by atoms with Crippen molar-refractivity contribution in [1.82, 2.24) is 0 Å². The minimum Gasteiger partial charge on any atom is -0.478 e. The third-order valence-corrected chi connectivity index (χ3v) is 1.45. The third kappa shape index (κ3) is 1.76. The second-order valence-electron chi connectivity index (χ2n) is 2.32. The molecule has 0 saturated carbocycles. The Kier molecular flexibility index (Phi) is 2.19. The third-order valence-electron chi connectivity index (χ3n) is 1.45. The molecule has 1 radical (unpaired) electrons. The Bertz CT molecular complexity index is 369. The molecule has 0 aromatic heterocycles. The molecule has 0 amide bonds. The summed E-state index contributed by atoms with van der Waals surface area (Å²) < 4.78 is 0. The van der Waals surface area contributed by atoms with E-state index >= 15 is 0 Å². The summed E-state index contributed by atoms with van der Waals surface area (Å²) in [5.41, 5.74) is -0.868. The van der Waals surface area contributed by atoms with Gasteiger partial charge < -0.3 is 10.2 Å². The van der Waals surface area contributed by atoms with Gasteiger partial charge in [0.05, 0.1) is 11.1 Å². The lowest BCUT2D eigenvalue weighted by Gasteiger charge is -1.99. The first-order chi connectivity index (χ1) is 6.02. The van der Waals surface area contributed by atoms with Crippen LogP contribution in [0.25, 0.3) is 0 Å². The van der Waals surface area contributed by atoms with Crippen molar-refractivity contribution in [3.63, 3.8) is 0 Å². The number of aromatic carboxylic acids is 2. The van der Waals surface area contributed by atoms with Crippen LogP contribution in [0.5, 0.6) is 5.75 Å². The van der Waals surface area contributed by atoms with E-state index in [0.717, 1.165) is 18.2 Å². The zero-order valence-corrected chi connectivity index (χ0v) is 6.35. The van der Waals surface area contributed by atoms with Crippen molar-refractivity contribution in [2.75, 3.05) is 0 Å². The van der Waals surface area contributed by atoms with Crippen LogP contribution < -0.4 is 0 Å². The summed E-state index contributed by atoms with van der Waals surface area (Å²) >= 11 is 0. The summed E-state index contributed by atoms with van der Waals surface area (Å²) in [7, 11) is 0. The van der Waals surface area contributed by atoms with Crippen LogP contribution in [-0.2, 0) is 5.11 Å². The molecular formula is C8H5O5. The summed E-state index contributed by atoms with van der Waals surface area (Å²) in [6.45, 7) is 0. The van der Waals surface area contributed by atoms with Gasteiger partial charge in [-0.05, 0) is 12.1 Å². The first-order valence-corrected chi connectivity index (χ1v) is 3.30. The lowest BCUT2D eigenvalue weighted by molar-refractivity contribution is 0.0651. The number of carbonyl (C=O) groups is 2. The van der Waals surface area contributed by atoms with Gasteiger partial charge in [0, 0.05) is 6.07 Å². The summed E-state index contributed by atoms with van der Waals surface area (Å²) in [4.78, 5) is 20.9. The highest BCUT2D eigenvalue weighted by molar-refractivity contribution is 6.01. The van der Waals surface area contributed by atoms with Gasteiger partial charge in [0.25, 0.3) is 0 Å². The first-order valence-electron chi connectivity index (χ1n) is 3.30. The second-order valence-corrected chi connectivity index (χ2v) is 2.32. The smallest absolute Gasteiger partial charge is 0.336 e. The molecule has 0 unspecified atom stereocenters.